The third-order valence-electron chi connectivity index (χ3n) is 5.04. The molecule has 0 bridgehead atoms. The average Bonchev–Trinajstić information content (AvgIpc) is 3.14. The SMILES string of the molecule is Cc1cc(F)ccc1S(=O)(=O)N1CC2CN(c3ncccn3)CC2C1. The summed E-state index contributed by atoms with van der Waals surface area (Å²) in [7, 11) is -3.59. The molecule has 0 saturated carbocycles. The zero-order valence-corrected chi connectivity index (χ0v) is 14.7. The number of aryl methyl sites for hydroxylation is 1. The Balaban J connectivity index is 1.51. The van der Waals surface area contributed by atoms with Gasteiger partial charge in [0.05, 0.1) is 4.90 Å². The average molecular weight is 362 g/mol. The number of nitrogens with zero attached hydrogens (tertiary/aromatic N) is 4. The van der Waals surface area contributed by atoms with E-state index >= 15 is 0 Å². The lowest BCUT2D eigenvalue weighted by Crippen LogP contribution is -2.34. The minimum Gasteiger partial charge on any atom is -0.340 e. The molecule has 3 heterocycles. The molecule has 0 N–H and O–H groups in total. The van der Waals surface area contributed by atoms with E-state index in [0.717, 1.165) is 13.1 Å². The largest absolute Gasteiger partial charge is 0.340 e. The van der Waals surface area contributed by atoms with E-state index in [2.05, 4.69) is 14.9 Å². The Morgan fingerprint density at radius 2 is 1.72 bits per heavy atom. The van der Waals surface area contributed by atoms with Crippen molar-refractivity contribution >= 4 is 16.0 Å². The molecule has 0 amide bonds. The van der Waals surface area contributed by atoms with Crippen LogP contribution < -0.4 is 4.90 Å². The van der Waals surface area contributed by atoms with Crippen LogP contribution in [0, 0.1) is 24.6 Å². The number of hydrogen-bond acceptors (Lipinski definition) is 5. The van der Waals surface area contributed by atoms with Crippen LogP contribution in [-0.2, 0) is 10.0 Å². The Bertz CT molecular complexity index is 877. The van der Waals surface area contributed by atoms with E-state index in [-0.39, 0.29) is 16.7 Å². The molecule has 25 heavy (non-hydrogen) atoms. The summed E-state index contributed by atoms with van der Waals surface area (Å²) in [6.07, 6.45) is 3.43. The number of fused-ring (bicyclic) bond motifs is 1. The van der Waals surface area contributed by atoms with Gasteiger partial charge < -0.3 is 4.90 Å². The molecule has 2 aliphatic heterocycles. The summed E-state index contributed by atoms with van der Waals surface area (Å²) in [5.74, 6) is 0.799. The molecule has 2 saturated heterocycles. The van der Waals surface area contributed by atoms with Crippen LogP contribution in [-0.4, -0.2) is 48.9 Å². The van der Waals surface area contributed by atoms with E-state index in [1.165, 1.54) is 22.5 Å². The highest BCUT2D eigenvalue weighted by atomic mass is 32.2. The van der Waals surface area contributed by atoms with Gasteiger partial charge in [-0.1, -0.05) is 0 Å². The molecule has 1 aromatic heterocycles. The Morgan fingerprint density at radius 3 is 2.32 bits per heavy atom. The first-order chi connectivity index (χ1) is 11.9. The van der Waals surface area contributed by atoms with Crippen molar-refractivity contribution in [2.24, 2.45) is 11.8 Å². The van der Waals surface area contributed by atoms with E-state index in [4.69, 9.17) is 0 Å². The van der Waals surface area contributed by atoms with E-state index in [0.29, 0.717) is 24.6 Å². The maximum atomic E-state index is 13.3. The van der Waals surface area contributed by atoms with Crippen LogP contribution in [0.25, 0.3) is 0 Å². The van der Waals surface area contributed by atoms with Gasteiger partial charge in [0.2, 0.25) is 16.0 Å². The molecule has 2 fully saturated rings. The predicted octanol–water partition coefficient (Wildman–Crippen LogP) is 1.68. The molecule has 8 heteroatoms. The van der Waals surface area contributed by atoms with E-state index < -0.39 is 15.8 Å². The molecule has 0 aliphatic carbocycles. The molecule has 1 aromatic carbocycles. The quantitative estimate of drug-likeness (QED) is 0.831. The topological polar surface area (TPSA) is 66.4 Å². The summed E-state index contributed by atoms with van der Waals surface area (Å²) in [5, 5.41) is 0. The van der Waals surface area contributed by atoms with E-state index in [1.807, 2.05) is 0 Å². The molecular weight excluding hydrogens is 343 g/mol. The Hall–Kier alpha value is -2.06. The van der Waals surface area contributed by atoms with Crippen molar-refractivity contribution in [3.63, 3.8) is 0 Å². The van der Waals surface area contributed by atoms with Crippen molar-refractivity contribution in [1.82, 2.24) is 14.3 Å². The summed E-state index contributed by atoms with van der Waals surface area (Å²) < 4.78 is 40.6. The zero-order valence-electron chi connectivity index (χ0n) is 13.8. The number of aromatic nitrogens is 2. The predicted molar refractivity (Wildman–Crippen MR) is 91.1 cm³/mol. The van der Waals surface area contributed by atoms with Gasteiger partial charge in [-0.3, -0.25) is 0 Å². The molecule has 0 spiro atoms. The van der Waals surface area contributed by atoms with Gasteiger partial charge in [0.1, 0.15) is 5.82 Å². The second kappa shape index (κ2) is 6.03. The maximum Gasteiger partial charge on any atom is 0.243 e. The fraction of sp³-hybridized carbons (Fsp3) is 0.412. The van der Waals surface area contributed by atoms with Crippen molar-refractivity contribution in [2.75, 3.05) is 31.1 Å². The summed E-state index contributed by atoms with van der Waals surface area (Å²) in [6, 6.07) is 5.60. The van der Waals surface area contributed by atoms with Crippen molar-refractivity contribution in [3.05, 3.63) is 48.0 Å². The number of sulfonamides is 1. The minimum absolute atomic E-state index is 0.192. The summed E-state index contributed by atoms with van der Waals surface area (Å²) in [4.78, 5) is 10.8. The normalized spacial score (nSPS) is 23.8. The van der Waals surface area contributed by atoms with Crippen LogP contribution >= 0.6 is 0 Å². The van der Waals surface area contributed by atoms with Gasteiger partial charge in [0.25, 0.3) is 0 Å². The fourth-order valence-electron chi connectivity index (χ4n) is 3.81. The summed E-state index contributed by atoms with van der Waals surface area (Å²) in [6.45, 7) is 4.09. The first-order valence-electron chi connectivity index (χ1n) is 8.23. The van der Waals surface area contributed by atoms with Crippen LogP contribution in [0.15, 0.2) is 41.6 Å². The highest BCUT2D eigenvalue weighted by Gasteiger charge is 2.45. The zero-order chi connectivity index (χ0) is 17.6. The Morgan fingerprint density at radius 1 is 1.08 bits per heavy atom. The van der Waals surface area contributed by atoms with Crippen LogP contribution in [0.1, 0.15) is 5.56 Å². The standard InChI is InChI=1S/C17H19FN4O2S/c1-12-7-15(18)3-4-16(12)25(23,24)22-10-13-8-21(9-14(13)11-22)17-19-5-2-6-20-17/h2-7,13-14H,8-11H2,1H3. The summed E-state index contributed by atoms with van der Waals surface area (Å²) >= 11 is 0. The van der Waals surface area contributed by atoms with Gasteiger partial charge in [-0.25, -0.2) is 22.8 Å². The van der Waals surface area contributed by atoms with Crippen LogP contribution in [0.5, 0.6) is 0 Å². The lowest BCUT2D eigenvalue weighted by atomic mass is 10.0. The Labute approximate surface area is 146 Å². The Kier molecular flexibility index (Phi) is 3.96. The van der Waals surface area contributed by atoms with Gasteiger partial charge in [-0.05, 0) is 48.6 Å². The minimum atomic E-state index is -3.59. The molecule has 2 unspecified atom stereocenters. The molecule has 6 nitrogen and oxygen atoms in total. The molecular formula is C17H19FN4O2S. The van der Waals surface area contributed by atoms with Crippen molar-refractivity contribution in [2.45, 2.75) is 11.8 Å². The second-order valence-corrected chi connectivity index (χ2v) is 8.61. The highest BCUT2D eigenvalue weighted by molar-refractivity contribution is 7.89. The van der Waals surface area contributed by atoms with Gasteiger partial charge >= 0.3 is 0 Å². The number of hydrogen-bond donors (Lipinski definition) is 0. The highest BCUT2D eigenvalue weighted by Crippen LogP contribution is 2.35. The number of rotatable bonds is 3. The number of benzene rings is 1. The van der Waals surface area contributed by atoms with Crippen LogP contribution in [0.4, 0.5) is 10.3 Å². The second-order valence-electron chi connectivity index (χ2n) is 6.71. The summed E-state index contributed by atoms with van der Waals surface area (Å²) in [5.41, 5.74) is 0.441. The fourth-order valence-corrected chi connectivity index (χ4v) is 5.56. The van der Waals surface area contributed by atoms with Crippen molar-refractivity contribution in [3.8, 4) is 0 Å². The monoisotopic (exact) mass is 362 g/mol. The number of halogens is 1. The first kappa shape index (κ1) is 16.4. The maximum absolute atomic E-state index is 13.3. The van der Waals surface area contributed by atoms with Gasteiger partial charge in [0.15, 0.2) is 0 Å². The smallest absolute Gasteiger partial charge is 0.243 e. The lowest BCUT2D eigenvalue weighted by Gasteiger charge is -2.22. The molecule has 0 radical (unpaired) electrons. The van der Waals surface area contributed by atoms with Crippen LogP contribution in [0.3, 0.4) is 0 Å². The van der Waals surface area contributed by atoms with Crippen molar-refractivity contribution in [1.29, 1.82) is 0 Å². The number of anilines is 1. The third kappa shape index (κ3) is 2.89. The molecule has 2 aliphatic rings. The van der Waals surface area contributed by atoms with Gasteiger partial charge in [-0.15, -0.1) is 0 Å². The molecule has 4 rings (SSSR count). The van der Waals surface area contributed by atoms with E-state index in [9.17, 15) is 12.8 Å². The van der Waals surface area contributed by atoms with E-state index in [1.54, 1.807) is 25.4 Å². The third-order valence-corrected chi connectivity index (χ3v) is 7.03. The molecule has 132 valence electrons. The van der Waals surface area contributed by atoms with Gasteiger partial charge in [0, 0.05) is 38.6 Å². The molecule has 2 aromatic rings. The van der Waals surface area contributed by atoms with Crippen LogP contribution in [0.2, 0.25) is 0 Å². The van der Waals surface area contributed by atoms with Crippen molar-refractivity contribution < 1.29 is 12.8 Å². The molecule has 2 atom stereocenters. The first-order valence-corrected chi connectivity index (χ1v) is 9.67. The lowest BCUT2D eigenvalue weighted by molar-refractivity contribution is 0.452. The van der Waals surface area contributed by atoms with Gasteiger partial charge in [-0.2, -0.15) is 4.31 Å².